The number of hydrogen-bond acceptors (Lipinski definition) is 2. The molecule has 0 rings (SSSR count). The van der Waals surface area contributed by atoms with Crippen LogP contribution in [0.25, 0.3) is 0 Å². The van der Waals surface area contributed by atoms with Crippen molar-refractivity contribution in [3.8, 4) is 0 Å². The Morgan fingerprint density at radius 1 is 0.194 bits per heavy atom. The molecule has 374 valence electrons. The van der Waals surface area contributed by atoms with Gasteiger partial charge in [-0.1, -0.05) is 452 Å². The average Bonchev–Trinajstić information content (AvgIpc) is 3.01. The highest BCUT2D eigenvalue weighted by Crippen LogP contribution is 2.79. The van der Waals surface area contributed by atoms with Crippen molar-refractivity contribution in [2.24, 2.45) is 0 Å². The maximum absolute atomic E-state index is 12.0. The number of alkyl halides is 39. The summed E-state index contributed by atoms with van der Waals surface area (Å²) in [5, 5.41) is 0. The van der Waals surface area contributed by atoms with Crippen molar-refractivity contribution in [3.05, 3.63) is 0 Å². The zero-order valence-corrected chi connectivity index (χ0v) is 56.2. The number of halogens is 39. The van der Waals surface area contributed by atoms with E-state index in [0.29, 0.717) is 0 Å². The van der Waals surface area contributed by atoms with Gasteiger partial charge < -0.3 is 0 Å². The van der Waals surface area contributed by atoms with Crippen LogP contribution in [-0.2, 0) is 10.1 Å². The van der Waals surface area contributed by atoms with Gasteiger partial charge in [0.25, 0.3) is 3.67 Å². The molecule has 0 aromatic rings. The first kappa shape index (κ1) is 73.2. The summed E-state index contributed by atoms with van der Waals surface area (Å²) >= 11 is 247. The Morgan fingerprint density at radius 2 is 0.290 bits per heavy atom. The fourth-order valence-electron chi connectivity index (χ4n) is 3.48. The van der Waals surface area contributed by atoms with Gasteiger partial charge in [0.05, 0.1) is 0 Å². The van der Waals surface area contributed by atoms with E-state index in [9.17, 15) is 13.0 Å². The van der Waals surface area contributed by atoms with Crippen molar-refractivity contribution in [3.63, 3.8) is 0 Å². The Balaban J connectivity index is 8.00. The predicted molar refractivity (Wildman–Crippen MR) is 292 cm³/mol. The van der Waals surface area contributed by atoms with Gasteiger partial charge in [-0.25, -0.2) is 0 Å². The van der Waals surface area contributed by atoms with Crippen LogP contribution in [0.15, 0.2) is 0 Å². The van der Waals surface area contributed by atoms with Crippen LogP contribution < -0.4 is 0 Å². The minimum Gasteiger partial charge on any atom is -0.283 e. The SMILES string of the molecule is O=S(=O)(O)C(Cl)(Cl)C(Cl)(Cl)C(Cl)(Cl)C(Cl)(Cl)C(Cl)(Cl)C(Cl)(Cl)C(Cl)(Cl)C(Cl)(Cl)C(Cl)(Cl)C(Cl)(Cl)C(Cl)(Cl)C(Cl)(Cl)C(Cl)(Cl)C(Cl)(Cl)C(Cl)(Cl)C(Cl)(Cl)C(Cl)(Cl)C(Cl)(Cl)C(Cl)(Cl)Cl. The quantitative estimate of drug-likeness (QED) is 0.110. The van der Waals surface area contributed by atoms with Crippen molar-refractivity contribution in [2.75, 3.05) is 0 Å². The van der Waals surface area contributed by atoms with Crippen LogP contribution >= 0.6 is 452 Å². The first-order valence-corrected chi connectivity index (χ1v) is 28.8. The summed E-state index contributed by atoms with van der Waals surface area (Å²) in [7, 11) is -5.83. The minimum absolute atomic E-state index is 2.91. The van der Waals surface area contributed by atoms with Crippen molar-refractivity contribution in [2.45, 2.75) is 81.1 Å². The third kappa shape index (κ3) is 10.6. The van der Waals surface area contributed by atoms with E-state index in [1.807, 2.05) is 0 Å². The summed E-state index contributed by atoms with van der Waals surface area (Å²) in [6.07, 6.45) is 0. The molecule has 0 aromatic heterocycles. The molecular formula is C19HCl39O3S. The summed E-state index contributed by atoms with van der Waals surface area (Å²) in [4.78, 5) is 0. The standard InChI is InChI=1S/C19HCl39O3S/c20-1(21,2(22,23)4(26,27)6(30,31)8(34,35)10(38,39)12(42,43)14(46,47)16(50,51)18(54,55)56)3(24,25)5(28,29)7(32,33)9(36,37)11(40,41)13(44,45)15(48,49)17(52,53)19(57,58)62(59,60)61/h(H,59,60,61). The van der Waals surface area contributed by atoms with Gasteiger partial charge in [0.15, 0.2) is 65.0 Å². The van der Waals surface area contributed by atoms with Gasteiger partial charge in [-0.3, -0.25) is 4.55 Å². The Hall–Kier alpha value is 11.2. The molecule has 0 spiro atoms. The molecule has 0 aliphatic rings. The van der Waals surface area contributed by atoms with Gasteiger partial charge in [-0.2, -0.15) is 8.42 Å². The van der Waals surface area contributed by atoms with Crippen molar-refractivity contribution in [1.29, 1.82) is 0 Å². The van der Waals surface area contributed by atoms with Gasteiger partial charge >= 0.3 is 10.1 Å². The van der Waals surface area contributed by atoms with Crippen LogP contribution in [0.5, 0.6) is 0 Å². The van der Waals surface area contributed by atoms with Crippen LogP contribution in [0.3, 0.4) is 0 Å². The second kappa shape index (κ2) is 21.3. The van der Waals surface area contributed by atoms with Crippen LogP contribution in [0.1, 0.15) is 0 Å². The predicted octanol–water partition coefficient (Wildman–Crippen LogP) is 22.3. The topological polar surface area (TPSA) is 54.4 Å². The van der Waals surface area contributed by atoms with E-state index in [0.717, 1.165) is 0 Å². The number of rotatable bonds is 18. The third-order valence-corrected chi connectivity index (χ3v) is 37.6. The van der Waals surface area contributed by atoms with Gasteiger partial charge in [0, 0.05) is 0 Å². The fraction of sp³-hybridized carbons (Fsp3) is 1.00. The fourth-order valence-corrected chi connectivity index (χ4v) is 17.8. The average molecular weight is 1690 g/mol. The van der Waals surface area contributed by atoms with Crippen molar-refractivity contribution < 1.29 is 13.0 Å². The lowest BCUT2D eigenvalue weighted by molar-refractivity contribution is 0.389. The van der Waals surface area contributed by atoms with E-state index in [1.165, 1.54) is 0 Å². The van der Waals surface area contributed by atoms with Crippen LogP contribution in [0, 0.1) is 0 Å². The maximum atomic E-state index is 12.0. The lowest BCUT2D eigenvalue weighted by atomic mass is 9.96. The van der Waals surface area contributed by atoms with Crippen LogP contribution in [-0.4, -0.2) is 94.1 Å². The van der Waals surface area contributed by atoms with Crippen LogP contribution in [0.4, 0.5) is 0 Å². The molecule has 0 saturated heterocycles. The maximum Gasteiger partial charge on any atom is 0.302 e. The van der Waals surface area contributed by atoms with E-state index >= 15 is 0 Å². The van der Waals surface area contributed by atoms with Crippen LogP contribution in [0.2, 0.25) is 0 Å². The third-order valence-electron chi connectivity index (χ3n) is 7.35. The molecule has 0 bridgehead atoms. The molecule has 0 aromatic carbocycles. The molecule has 62 heavy (non-hydrogen) atoms. The smallest absolute Gasteiger partial charge is 0.283 e. The van der Waals surface area contributed by atoms with Gasteiger partial charge in [-0.05, 0) is 0 Å². The molecule has 0 amide bonds. The normalized spacial score (nSPS) is 17.5. The van der Waals surface area contributed by atoms with Gasteiger partial charge in [-0.15, -0.1) is 0 Å². The summed E-state index contributed by atoms with van der Waals surface area (Å²) in [6, 6.07) is 0. The number of hydrogen-bond donors (Lipinski definition) is 1. The second-order valence-corrected chi connectivity index (χ2v) is 39.4. The van der Waals surface area contributed by atoms with E-state index < -0.39 is 91.2 Å². The molecule has 0 atom stereocenters. The highest BCUT2D eigenvalue weighted by atomic mass is 35.6. The van der Waals surface area contributed by atoms with Crippen molar-refractivity contribution in [1.82, 2.24) is 0 Å². The molecule has 43 heteroatoms. The molecule has 0 aliphatic carbocycles. The van der Waals surface area contributed by atoms with Crippen molar-refractivity contribution >= 4 is 463 Å². The molecule has 0 fully saturated rings. The second-order valence-electron chi connectivity index (χ2n) is 11.3. The molecule has 0 radical (unpaired) electrons. The highest BCUT2D eigenvalue weighted by molar-refractivity contribution is 7.90. The highest BCUT2D eigenvalue weighted by Gasteiger charge is 2.89. The molecule has 0 unspecified atom stereocenters. The molecule has 0 heterocycles. The summed E-state index contributed by atoms with van der Waals surface area (Å²) in [6.45, 7) is 0. The van der Waals surface area contributed by atoms with Gasteiger partial charge in [0.1, 0.15) is 0 Å². The Morgan fingerprint density at radius 3 is 0.387 bits per heavy atom. The molecule has 3 nitrogen and oxygen atoms in total. The molecule has 0 saturated carbocycles. The van der Waals surface area contributed by atoms with E-state index in [4.69, 9.17) is 452 Å². The Labute approximate surface area is 547 Å². The zero-order valence-electron chi connectivity index (χ0n) is 25.9. The largest absolute Gasteiger partial charge is 0.302 e. The first-order chi connectivity index (χ1) is 25.8. The molecular weight excluding hydrogens is 1690 g/mol. The minimum atomic E-state index is -5.83. The van der Waals surface area contributed by atoms with E-state index in [2.05, 4.69) is 0 Å². The summed E-state index contributed by atoms with van der Waals surface area (Å²) < 4.78 is -36.1. The zero-order chi connectivity index (χ0) is 52.0. The monoisotopic (exact) mass is 1670 g/mol. The Bertz CT molecular complexity index is 1780. The van der Waals surface area contributed by atoms with E-state index in [1.54, 1.807) is 0 Å². The van der Waals surface area contributed by atoms with E-state index in [-0.39, 0.29) is 0 Å². The summed E-state index contributed by atoms with van der Waals surface area (Å²) in [5.41, 5.74) is 0. The first-order valence-electron chi connectivity index (χ1n) is 12.6. The molecule has 0 aliphatic heterocycles. The summed E-state index contributed by atoms with van der Waals surface area (Å²) in [5.74, 6) is 0. The van der Waals surface area contributed by atoms with Gasteiger partial charge in [0.2, 0.25) is 12.5 Å². The lowest BCUT2D eigenvalue weighted by Gasteiger charge is -2.59. The Kier molecular flexibility index (Phi) is 25.1. The molecule has 1 N–H and O–H groups in total. The lowest BCUT2D eigenvalue weighted by Crippen LogP contribution is -2.76.